The molecule has 0 spiro atoms. The molecule has 3 aliphatic rings. The average Bonchev–Trinajstić information content (AvgIpc) is 3.03. The predicted molar refractivity (Wildman–Crippen MR) is 134 cm³/mol. The third-order valence-electron chi connectivity index (χ3n) is 9.30. The number of allylic oxidation sites excluding steroid dienone is 1. The van der Waals surface area contributed by atoms with E-state index in [-0.39, 0.29) is 16.4 Å². The van der Waals surface area contributed by atoms with Crippen molar-refractivity contribution in [2.45, 2.75) is 97.2 Å². The van der Waals surface area contributed by atoms with E-state index in [0.717, 1.165) is 24.5 Å². The fourth-order valence-corrected chi connectivity index (χ4v) is 7.50. The minimum Gasteiger partial charge on any atom is -0.543 e. The maximum atomic E-state index is 12.1. The van der Waals surface area contributed by atoms with E-state index in [0.29, 0.717) is 18.4 Å². The van der Waals surface area contributed by atoms with E-state index in [4.69, 9.17) is 9.16 Å². The van der Waals surface area contributed by atoms with Crippen molar-refractivity contribution in [3.8, 4) is 5.75 Å². The summed E-state index contributed by atoms with van der Waals surface area (Å²) in [7, 11) is -1.82. The molecule has 0 saturated heterocycles. The Morgan fingerprint density at radius 2 is 1.94 bits per heavy atom. The summed E-state index contributed by atoms with van der Waals surface area (Å²) in [6.07, 6.45) is 8.88. The summed E-state index contributed by atoms with van der Waals surface area (Å²) in [4.78, 5) is 12.1. The molecule has 1 aromatic rings. The third-order valence-corrected chi connectivity index (χ3v) is 13.7. The first-order chi connectivity index (χ1) is 15.0. The zero-order valence-corrected chi connectivity index (χ0v) is 22.2. The molecule has 176 valence electrons. The fourth-order valence-electron chi connectivity index (χ4n) is 6.48. The molecule has 0 amide bonds. The predicted octanol–water partition coefficient (Wildman–Crippen LogP) is 7.42. The Balaban J connectivity index is 1.55. The minimum atomic E-state index is -1.82. The lowest BCUT2D eigenvalue weighted by Gasteiger charge is -2.49. The summed E-state index contributed by atoms with van der Waals surface area (Å²) in [5.74, 6) is 2.96. The van der Waals surface area contributed by atoms with E-state index in [2.05, 4.69) is 59.0 Å². The van der Waals surface area contributed by atoms with Crippen LogP contribution >= 0.6 is 0 Å². The molecule has 0 N–H and O–H groups in total. The van der Waals surface area contributed by atoms with Crippen LogP contribution in [0.1, 0.15) is 83.8 Å². The molecule has 4 heteroatoms. The number of hydrogen-bond donors (Lipinski definition) is 0. The van der Waals surface area contributed by atoms with Crippen LogP contribution in [0, 0.1) is 17.3 Å². The molecule has 3 nitrogen and oxygen atoms in total. The normalized spacial score (nSPS) is 31.0. The Morgan fingerprint density at radius 1 is 1.19 bits per heavy atom. The molecular formula is C28H42O3Si. The van der Waals surface area contributed by atoms with Crippen LogP contribution in [0.15, 0.2) is 29.8 Å². The molecule has 0 heterocycles. The van der Waals surface area contributed by atoms with E-state index in [1.807, 2.05) is 13.0 Å². The van der Waals surface area contributed by atoms with Gasteiger partial charge in [-0.05, 0) is 110 Å². The Hall–Kier alpha value is -1.55. The van der Waals surface area contributed by atoms with Gasteiger partial charge in [0.1, 0.15) is 5.75 Å². The van der Waals surface area contributed by atoms with Crippen LogP contribution in [0.2, 0.25) is 18.1 Å². The van der Waals surface area contributed by atoms with Crippen molar-refractivity contribution in [3.05, 3.63) is 41.0 Å². The molecule has 4 unspecified atom stereocenters. The van der Waals surface area contributed by atoms with Gasteiger partial charge in [0, 0.05) is 6.08 Å². The monoisotopic (exact) mass is 454 g/mol. The highest BCUT2D eigenvalue weighted by molar-refractivity contribution is 6.74. The standard InChI is InChI=1S/C28H42O3Si/c1-8-30-26(29)18-20-10-14-25-24-12-9-19-17-21(31-32(6,7)27(2,3)4)11-13-22(19)23(24)15-16-28(20,25)5/h11,13,17-18,23-25H,8-10,12,14-16H2,1-7H3/b20-18-. The molecule has 4 rings (SSSR count). The molecular weight excluding hydrogens is 412 g/mol. The van der Waals surface area contributed by atoms with Crippen LogP contribution in [0.25, 0.3) is 0 Å². The maximum absolute atomic E-state index is 12.1. The van der Waals surface area contributed by atoms with Crippen molar-refractivity contribution in [1.82, 2.24) is 0 Å². The summed E-state index contributed by atoms with van der Waals surface area (Å²) in [5.41, 5.74) is 4.57. The van der Waals surface area contributed by atoms with Gasteiger partial charge in [0.25, 0.3) is 0 Å². The lowest BCUT2D eigenvalue weighted by Crippen LogP contribution is -2.44. The third kappa shape index (κ3) is 4.08. The van der Waals surface area contributed by atoms with Crippen LogP contribution in [-0.2, 0) is 16.0 Å². The van der Waals surface area contributed by atoms with Crippen LogP contribution in [-0.4, -0.2) is 20.9 Å². The number of carbonyl (C=O) groups excluding carboxylic acids is 1. The van der Waals surface area contributed by atoms with Crippen molar-refractivity contribution in [1.29, 1.82) is 0 Å². The molecule has 1 aromatic carbocycles. The van der Waals surface area contributed by atoms with Crippen molar-refractivity contribution < 1.29 is 14.0 Å². The second-order valence-corrected chi connectivity index (χ2v) is 16.8. The number of esters is 1. The smallest absolute Gasteiger partial charge is 0.330 e. The first-order valence-corrected chi connectivity index (χ1v) is 15.6. The molecule has 0 aliphatic heterocycles. The van der Waals surface area contributed by atoms with Crippen molar-refractivity contribution in [2.24, 2.45) is 17.3 Å². The number of ether oxygens (including phenoxy) is 1. The van der Waals surface area contributed by atoms with E-state index in [1.54, 1.807) is 5.56 Å². The summed E-state index contributed by atoms with van der Waals surface area (Å²) in [6.45, 7) is 16.3. The highest BCUT2D eigenvalue weighted by Gasteiger charge is 2.52. The Morgan fingerprint density at radius 3 is 2.62 bits per heavy atom. The highest BCUT2D eigenvalue weighted by atomic mass is 28.4. The Bertz CT molecular complexity index is 910. The van der Waals surface area contributed by atoms with Gasteiger partial charge in [-0.15, -0.1) is 0 Å². The van der Waals surface area contributed by atoms with Gasteiger partial charge < -0.3 is 9.16 Å². The molecule has 0 aromatic heterocycles. The molecule has 3 aliphatic carbocycles. The zero-order valence-electron chi connectivity index (χ0n) is 21.2. The van der Waals surface area contributed by atoms with E-state index in [1.165, 1.54) is 36.8 Å². The van der Waals surface area contributed by atoms with Gasteiger partial charge in [-0.3, -0.25) is 0 Å². The largest absolute Gasteiger partial charge is 0.543 e. The van der Waals surface area contributed by atoms with Crippen LogP contribution in [0.5, 0.6) is 5.75 Å². The maximum Gasteiger partial charge on any atom is 0.330 e. The van der Waals surface area contributed by atoms with Gasteiger partial charge in [-0.25, -0.2) is 4.79 Å². The molecule has 0 bridgehead atoms. The summed E-state index contributed by atoms with van der Waals surface area (Å²) >= 11 is 0. The number of aryl methyl sites for hydroxylation is 1. The summed E-state index contributed by atoms with van der Waals surface area (Å²) in [6, 6.07) is 6.96. The fraction of sp³-hybridized carbons (Fsp3) is 0.679. The lowest BCUT2D eigenvalue weighted by molar-refractivity contribution is -0.137. The molecule has 2 fully saturated rings. The summed E-state index contributed by atoms with van der Waals surface area (Å²) < 4.78 is 11.8. The minimum absolute atomic E-state index is 0.158. The van der Waals surface area contributed by atoms with E-state index < -0.39 is 8.32 Å². The van der Waals surface area contributed by atoms with Gasteiger partial charge in [0.15, 0.2) is 0 Å². The van der Waals surface area contributed by atoms with Gasteiger partial charge in [0.2, 0.25) is 8.32 Å². The molecule has 4 atom stereocenters. The van der Waals surface area contributed by atoms with Gasteiger partial charge >= 0.3 is 5.97 Å². The van der Waals surface area contributed by atoms with Crippen molar-refractivity contribution in [2.75, 3.05) is 6.61 Å². The van der Waals surface area contributed by atoms with Crippen molar-refractivity contribution >= 4 is 14.3 Å². The topological polar surface area (TPSA) is 35.5 Å². The van der Waals surface area contributed by atoms with Gasteiger partial charge in [0.05, 0.1) is 6.61 Å². The average molecular weight is 455 g/mol. The second kappa shape index (κ2) is 8.34. The van der Waals surface area contributed by atoms with E-state index >= 15 is 0 Å². The molecule has 0 radical (unpaired) electrons. The van der Waals surface area contributed by atoms with Crippen LogP contribution in [0.3, 0.4) is 0 Å². The van der Waals surface area contributed by atoms with Gasteiger partial charge in [-0.1, -0.05) is 39.3 Å². The SMILES string of the molecule is CCOC(=O)/C=C1/CCC2C3CCc4cc(O[Si](C)(C)C(C)(C)C)ccc4C3CCC12C. The zero-order chi connectivity index (χ0) is 23.3. The molecule has 2 saturated carbocycles. The first kappa shape index (κ1) is 23.6. The quantitative estimate of drug-likeness (QED) is 0.270. The number of hydrogen-bond acceptors (Lipinski definition) is 3. The van der Waals surface area contributed by atoms with Gasteiger partial charge in [-0.2, -0.15) is 0 Å². The number of benzene rings is 1. The van der Waals surface area contributed by atoms with Crippen LogP contribution < -0.4 is 4.43 Å². The number of fused-ring (bicyclic) bond motifs is 5. The van der Waals surface area contributed by atoms with Crippen LogP contribution in [0.4, 0.5) is 0 Å². The lowest BCUT2D eigenvalue weighted by atomic mass is 9.55. The Labute approximate surface area is 196 Å². The molecule has 32 heavy (non-hydrogen) atoms. The number of carbonyl (C=O) groups is 1. The Kier molecular flexibility index (Phi) is 6.15. The summed E-state index contributed by atoms with van der Waals surface area (Å²) in [5, 5.41) is 0.207. The second-order valence-electron chi connectivity index (χ2n) is 12.1. The number of rotatable bonds is 4. The highest BCUT2D eigenvalue weighted by Crippen LogP contribution is 2.62. The first-order valence-electron chi connectivity index (χ1n) is 12.7. The van der Waals surface area contributed by atoms with Crippen molar-refractivity contribution in [3.63, 3.8) is 0 Å². The van der Waals surface area contributed by atoms with E-state index in [9.17, 15) is 4.79 Å².